The average Bonchev–Trinajstić information content (AvgIpc) is 2.65. The number of urea groups is 1. The number of hydrogen-bond donors (Lipinski definition) is 3. The zero-order valence-electron chi connectivity index (χ0n) is 16.1. The predicted octanol–water partition coefficient (Wildman–Crippen LogP) is 3.55. The number of nitrogens with one attached hydrogen (secondary N) is 3. The third-order valence-electron chi connectivity index (χ3n) is 4.52. The average molecular weight is 407 g/mol. The summed E-state index contributed by atoms with van der Waals surface area (Å²) >= 11 is 0. The number of benzene rings is 2. The first kappa shape index (κ1) is 21.7. The Morgan fingerprint density at radius 3 is 2.54 bits per heavy atom. The number of aryl methyl sites for hydroxylation is 1. The molecule has 0 saturated heterocycles. The fraction of sp³-hybridized carbons (Fsp3) is 0.300. The van der Waals surface area contributed by atoms with Crippen molar-refractivity contribution in [2.24, 2.45) is 0 Å². The Balaban J connectivity index is 0.00000280. The number of fused-ring (bicyclic) bond motifs is 1. The lowest BCUT2D eigenvalue weighted by molar-refractivity contribution is 0.102. The van der Waals surface area contributed by atoms with Gasteiger partial charge in [-0.05, 0) is 49.2 Å². The lowest BCUT2D eigenvalue weighted by atomic mass is 9.99. The summed E-state index contributed by atoms with van der Waals surface area (Å²) in [6, 6.07) is 8.19. The molecule has 0 aromatic heterocycles. The molecule has 3 rings (SSSR count). The Morgan fingerprint density at radius 2 is 1.82 bits per heavy atom. The van der Waals surface area contributed by atoms with E-state index in [-0.39, 0.29) is 29.7 Å². The van der Waals surface area contributed by atoms with E-state index in [2.05, 4.69) is 16.0 Å². The van der Waals surface area contributed by atoms with E-state index in [1.165, 1.54) is 4.90 Å². The van der Waals surface area contributed by atoms with Gasteiger partial charge in [0.05, 0.1) is 16.9 Å². The first-order chi connectivity index (χ1) is 12.9. The Hall–Kier alpha value is -2.64. The third-order valence-corrected chi connectivity index (χ3v) is 4.52. The number of carbonyl (C=O) groups excluding carboxylic acids is 2. The van der Waals surface area contributed by atoms with Gasteiger partial charge in [-0.2, -0.15) is 0 Å². The quantitative estimate of drug-likeness (QED) is 0.729. The molecule has 0 fully saturated rings. The largest absolute Gasteiger partial charge is 0.331 e. The van der Waals surface area contributed by atoms with Gasteiger partial charge >= 0.3 is 6.03 Å². The highest BCUT2D eigenvalue weighted by Crippen LogP contribution is 2.26. The molecule has 3 N–H and O–H groups in total. The van der Waals surface area contributed by atoms with E-state index in [9.17, 15) is 14.0 Å². The van der Waals surface area contributed by atoms with Crippen molar-refractivity contribution in [3.63, 3.8) is 0 Å². The SMILES string of the molecule is Cc1ccc(NC(=O)N(C)C)c(C(=O)Nc2ccc3c(c2F)CCNC3)c1.Cl. The second kappa shape index (κ2) is 9.03. The molecule has 6 nitrogen and oxygen atoms in total. The van der Waals surface area contributed by atoms with E-state index in [4.69, 9.17) is 0 Å². The van der Waals surface area contributed by atoms with Crippen LogP contribution in [0.3, 0.4) is 0 Å². The maximum Gasteiger partial charge on any atom is 0.321 e. The van der Waals surface area contributed by atoms with E-state index in [0.717, 1.165) is 11.1 Å². The van der Waals surface area contributed by atoms with Crippen LogP contribution in [0.5, 0.6) is 0 Å². The number of hydrogen-bond acceptors (Lipinski definition) is 3. The fourth-order valence-electron chi connectivity index (χ4n) is 3.00. The summed E-state index contributed by atoms with van der Waals surface area (Å²) in [5.41, 5.74) is 3.21. The van der Waals surface area contributed by atoms with Gasteiger partial charge in [-0.25, -0.2) is 9.18 Å². The van der Waals surface area contributed by atoms with Crippen LogP contribution in [0, 0.1) is 12.7 Å². The van der Waals surface area contributed by atoms with Crippen LogP contribution < -0.4 is 16.0 Å². The third kappa shape index (κ3) is 4.61. The van der Waals surface area contributed by atoms with E-state index >= 15 is 0 Å². The molecule has 28 heavy (non-hydrogen) atoms. The number of halogens is 2. The van der Waals surface area contributed by atoms with Crippen LogP contribution in [-0.4, -0.2) is 37.5 Å². The van der Waals surface area contributed by atoms with Crippen molar-refractivity contribution in [2.75, 3.05) is 31.3 Å². The van der Waals surface area contributed by atoms with Gasteiger partial charge in [-0.1, -0.05) is 17.7 Å². The fourth-order valence-corrected chi connectivity index (χ4v) is 3.00. The first-order valence-corrected chi connectivity index (χ1v) is 8.78. The van der Waals surface area contributed by atoms with Crippen LogP contribution >= 0.6 is 12.4 Å². The summed E-state index contributed by atoms with van der Waals surface area (Å²) in [4.78, 5) is 26.1. The van der Waals surface area contributed by atoms with Crippen LogP contribution in [0.1, 0.15) is 27.0 Å². The zero-order chi connectivity index (χ0) is 19.6. The lowest BCUT2D eigenvalue weighted by Crippen LogP contribution is -2.28. The Morgan fingerprint density at radius 1 is 1.11 bits per heavy atom. The summed E-state index contributed by atoms with van der Waals surface area (Å²) in [5.74, 6) is -0.866. The molecule has 150 valence electrons. The second-order valence-electron chi connectivity index (χ2n) is 6.82. The molecule has 3 amide bonds. The number of amides is 3. The predicted molar refractivity (Wildman–Crippen MR) is 111 cm³/mol. The van der Waals surface area contributed by atoms with Gasteiger partial charge in [-0.15, -0.1) is 12.4 Å². The number of anilines is 2. The van der Waals surface area contributed by atoms with Crippen molar-refractivity contribution in [1.29, 1.82) is 0 Å². The normalized spacial score (nSPS) is 12.4. The summed E-state index contributed by atoms with van der Waals surface area (Å²) < 4.78 is 14.8. The molecule has 0 aliphatic carbocycles. The van der Waals surface area contributed by atoms with Crippen LogP contribution in [0.15, 0.2) is 30.3 Å². The topological polar surface area (TPSA) is 73.5 Å². The molecule has 0 spiro atoms. The molecule has 2 aromatic rings. The summed E-state index contributed by atoms with van der Waals surface area (Å²) in [7, 11) is 3.22. The molecule has 1 heterocycles. The molecule has 0 bridgehead atoms. The van der Waals surface area contributed by atoms with Gasteiger partial charge in [0.2, 0.25) is 0 Å². The minimum atomic E-state index is -0.472. The monoisotopic (exact) mass is 406 g/mol. The van der Waals surface area contributed by atoms with Crippen LogP contribution in [-0.2, 0) is 13.0 Å². The maximum absolute atomic E-state index is 14.8. The summed E-state index contributed by atoms with van der Waals surface area (Å²) in [6.45, 7) is 3.18. The molecule has 1 aliphatic heterocycles. The Bertz CT molecular complexity index is 902. The van der Waals surface area contributed by atoms with Gasteiger partial charge < -0.3 is 20.9 Å². The Labute approximate surface area is 169 Å². The van der Waals surface area contributed by atoms with Crippen molar-refractivity contribution in [3.05, 3.63) is 58.4 Å². The van der Waals surface area contributed by atoms with Gasteiger partial charge in [0, 0.05) is 20.6 Å². The first-order valence-electron chi connectivity index (χ1n) is 8.78. The standard InChI is InChI=1S/C20H23FN4O2.ClH/c1-12-4-6-16(24-20(27)25(2)3)15(10-12)19(26)23-17-7-5-13-11-22-9-8-14(13)18(17)21;/h4-7,10,22H,8-9,11H2,1-3H3,(H,23,26)(H,24,27);1H. The highest BCUT2D eigenvalue weighted by atomic mass is 35.5. The molecular formula is C20H24ClFN4O2. The molecule has 1 aliphatic rings. The molecule has 0 saturated carbocycles. The van der Waals surface area contributed by atoms with Crippen molar-refractivity contribution in [2.45, 2.75) is 19.9 Å². The van der Waals surface area contributed by atoms with Crippen molar-refractivity contribution >= 4 is 35.7 Å². The lowest BCUT2D eigenvalue weighted by Gasteiger charge is -2.20. The van der Waals surface area contributed by atoms with Crippen LogP contribution in [0.2, 0.25) is 0 Å². The summed E-state index contributed by atoms with van der Waals surface area (Å²) in [6.07, 6.45) is 0.583. The van der Waals surface area contributed by atoms with Crippen LogP contribution in [0.4, 0.5) is 20.6 Å². The van der Waals surface area contributed by atoms with Crippen molar-refractivity contribution < 1.29 is 14.0 Å². The van der Waals surface area contributed by atoms with E-state index in [0.29, 0.717) is 30.8 Å². The zero-order valence-corrected chi connectivity index (χ0v) is 16.9. The number of rotatable bonds is 3. The number of carbonyl (C=O) groups is 2. The molecule has 2 aromatic carbocycles. The van der Waals surface area contributed by atoms with Gasteiger partial charge in [0.15, 0.2) is 0 Å². The van der Waals surface area contributed by atoms with E-state index in [1.54, 1.807) is 38.4 Å². The highest BCUT2D eigenvalue weighted by molar-refractivity contribution is 6.10. The maximum atomic E-state index is 14.8. The molecular weight excluding hydrogens is 383 g/mol. The minimum absolute atomic E-state index is 0. The van der Waals surface area contributed by atoms with E-state index in [1.807, 2.05) is 13.0 Å². The van der Waals surface area contributed by atoms with Crippen LogP contribution in [0.25, 0.3) is 0 Å². The Kier molecular flexibility index (Phi) is 6.99. The smallest absolute Gasteiger partial charge is 0.321 e. The van der Waals surface area contributed by atoms with Crippen molar-refractivity contribution in [3.8, 4) is 0 Å². The minimum Gasteiger partial charge on any atom is -0.331 e. The van der Waals surface area contributed by atoms with Gasteiger partial charge in [0.1, 0.15) is 5.82 Å². The second-order valence-corrected chi connectivity index (χ2v) is 6.82. The molecule has 8 heteroatoms. The number of nitrogens with zero attached hydrogens (tertiary/aromatic N) is 1. The molecule has 0 atom stereocenters. The molecule has 0 radical (unpaired) electrons. The molecule has 0 unspecified atom stereocenters. The van der Waals surface area contributed by atoms with E-state index < -0.39 is 11.7 Å². The van der Waals surface area contributed by atoms with Gasteiger partial charge in [-0.3, -0.25) is 4.79 Å². The van der Waals surface area contributed by atoms with Crippen molar-refractivity contribution in [1.82, 2.24) is 10.2 Å². The highest BCUT2D eigenvalue weighted by Gasteiger charge is 2.20. The summed E-state index contributed by atoms with van der Waals surface area (Å²) in [5, 5.41) is 8.54. The van der Waals surface area contributed by atoms with Gasteiger partial charge in [0.25, 0.3) is 5.91 Å².